The van der Waals surface area contributed by atoms with Gasteiger partial charge in [0.05, 0.1) is 16.8 Å². The third-order valence-electron chi connectivity index (χ3n) is 5.86. The van der Waals surface area contributed by atoms with Gasteiger partial charge in [-0.05, 0) is 30.4 Å². The van der Waals surface area contributed by atoms with Crippen LogP contribution in [-0.4, -0.2) is 52.0 Å². The van der Waals surface area contributed by atoms with Gasteiger partial charge in [0.25, 0.3) is 11.2 Å². The third-order valence-corrected chi connectivity index (χ3v) is 7.79. The summed E-state index contributed by atoms with van der Waals surface area (Å²) in [6.07, 6.45) is 2.06. The number of nitro groups is 1. The molecule has 1 saturated heterocycles. The molecule has 0 aliphatic carbocycles. The lowest BCUT2D eigenvalue weighted by atomic mass is 9.90. The van der Waals surface area contributed by atoms with Gasteiger partial charge in [0, 0.05) is 25.2 Å². The van der Waals surface area contributed by atoms with Crippen LogP contribution < -0.4 is 16.7 Å². The summed E-state index contributed by atoms with van der Waals surface area (Å²) in [5.74, 6) is -0.528. The van der Waals surface area contributed by atoms with Crippen LogP contribution in [0, 0.1) is 10.1 Å². The quantitative estimate of drug-likeness (QED) is 0.208. The Morgan fingerprint density at radius 1 is 1.11 bits per heavy atom. The van der Waals surface area contributed by atoms with Crippen molar-refractivity contribution in [2.24, 2.45) is 5.10 Å². The number of nitro benzene ring substituents is 1. The molecule has 0 atom stereocenters. The first-order valence-electron chi connectivity index (χ1n) is 10.8. The van der Waals surface area contributed by atoms with Crippen molar-refractivity contribution in [1.82, 2.24) is 14.3 Å². The predicted molar refractivity (Wildman–Crippen MR) is 131 cm³/mol. The molecule has 4 rings (SSSR count). The van der Waals surface area contributed by atoms with Crippen molar-refractivity contribution >= 4 is 27.6 Å². The monoisotopic (exact) mass is 514 g/mol. The van der Waals surface area contributed by atoms with Gasteiger partial charge in [-0.25, -0.2) is 13.2 Å². The van der Waals surface area contributed by atoms with E-state index < -0.39 is 37.8 Å². The minimum Gasteiger partial charge on any atom is -0.494 e. The Morgan fingerprint density at radius 2 is 1.81 bits per heavy atom. The number of sulfonamides is 1. The number of anilines is 1. The fourth-order valence-corrected chi connectivity index (χ4v) is 5.63. The molecule has 1 aliphatic rings. The molecule has 0 radical (unpaired) electrons. The topological polar surface area (TPSA) is 191 Å². The number of hydrazone groups is 1. The number of H-pyrrole nitrogens is 2. The van der Waals surface area contributed by atoms with Gasteiger partial charge in [0.1, 0.15) is 10.5 Å². The summed E-state index contributed by atoms with van der Waals surface area (Å²) in [5.41, 5.74) is 0.892. The van der Waals surface area contributed by atoms with Crippen molar-refractivity contribution in [3.8, 4) is 5.88 Å². The zero-order chi connectivity index (χ0) is 25.9. The second-order valence-corrected chi connectivity index (χ2v) is 9.97. The SMILES string of the molecule is O=c1[nH]c(O)c(C=NNc2ccc([N+](=O)[O-])cc2S(=O)(=O)N2CCC(c3ccccc3)CC2)c(=O)[nH]1. The first-order chi connectivity index (χ1) is 17.2. The predicted octanol–water partition coefficient (Wildman–Crippen LogP) is 1.69. The maximum absolute atomic E-state index is 13.5. The van der Waals surface area contributed by atoms with Gasteiger partial charge in [-0.1, -0.05) is 30.3 Å². The molecule has 3 aromatic rings. The molecule has 0 saturated carbocycles. The first kappa shape index (κ1) is 24.8. The summed E-state index contributed by atoms with van der Waals surface area (Å²) in [5, 5.41) is 24.9. The van der Waals surface area contributed by atoms with E-state index in [2.05, 4.69) is 10.5 Å². The summed E-state index contributed by atoms with van der Waals surface area (Å²) in [6.45, 7) is 0.460. The van der Waals surface area contributed by atoms with Crippen molar-refractivity contribution in [2.45, 2.75) is 23.7 Å². The van der Waals surface area contributed by atoms with Gasteiger partial charge in [-0.3, -0.25) is 30.3 Å². The molecule has 14 heteroatoms. The third kappa shape index (κ3) is 5.18. The van der Waals surface area contributed by atoms with Gasteiger partial charge >= 0.3 is 5.69 Å². The Kier molecular flexibility index (Phi) is 6.98. The number of nitrogens with zero attached hydrogens (tertiary/aromatic N) is 3. The molecule has 4 N–H and O–H groups in total. The lowest BCUT2D eigenvalue weighted by Gasteiger charge is -2.31. The maximum atomic E-state index is 13.5. The molecule has 1 aliphatic heterocycles. The molecular weight excluding hydrogens is 492 g/mol. The smallest absolute Gasteiger partial charge is 0.328 e. The Balaban J connectivity index is 1.60. The van der Waals surface area contributed by atoms with E-state index in [-0.39, 0.29) is 35.2 Å². The number of benzene rings is 2. The van der Waals surface area contributed by atoms with Crippen molar-refractivity contribution in [1.29, 1.82) is 0 Å². The molecule has 2 heterocycles. The Bertz CT molecular complexity index is 1520. The highest BCUT2D eigenvalue weighted by molar-refractivity contribution is 7.89. The van der Waals surface area contributed by atoms with Gasteiger partial charge in [-0.15, -0.1) is 0 Å². The van der Waals surface area contributed by atoms with Crippen LogP contribution >= 0.6 is 0 Å². The number of hydrogen-bond acceptors (Lipinski definition) is 9. The number of non-ortho nitro benzene ring substituents is 1. The van der Waals surface area contributed by atoms with E-state index in [9.17, 15) is 33.2 Å². The van der Waals surface area contributed by atoms with Crippen LogP contribution in [0.2, 0.25) is 0 Å². The summed E-state index contributed by atoms with van der Waals surface area (Å²) >= 11 is 0. The van der Waals surface area contributed by atoms with Crippen molar-refractivity contribution in [3.63, 3.8) is 0 Å². The average Bonchev–Trinajstić information content (AvgIpc) is 2.86. The normalized spacial score (nSPS) is 15.2. The van der Waals surface area contributed by atoms with Crippen molar-refractivity contribution < 1.29 is 18.4 Å². The van der Waals surface area contributed by atoms with E-state index in [0.717, 1.165) is 23.9 Å². The minimum atomic E-state index is -4.14. The van der Waals surface area contributed by atoms with E-state index in [1.165, 1.54) is 10.4 Å². The second-order valence-electron chi connectivity index (χ2n) is 8.07. The molecule has 1 aromatic heterocycles. The molecule has 0 amide bonds. The number of aromatic hydroxyl groups is 1. The highest BCUT2D eigenvalue weighted by atomic mass is 32.2. The largest absolute Gasteiger partial charge is 0.494 e. The molecular formula is C22H22N6O7S. The molecule has 13 nitrogen and oxygen atoms in total. The highest BCUT2D eigenvalue weighted by Gasteiger charge is 2.32. The van der Waals surface area contributed by atoms with Gasteiger partial charge < -0.3 is 5.11 Å². The van der Waals surface area contributed by atoms with Crippen LogP contribution in [0.3, 0.4) is 0 Å². The Labute approximate surface area is 204 Å². The number of nitrogens with one attached hydrogen (secondary N) is 3. The van der Waals surface area contributed by atoms with E-state index in [0.29, 0.717) is 12.8 Å². The highest BCUT2D eigenvalue weighted by Crippen LogP contribution is 2.34. The van der Waals surface area contributed by atoms with Crippen molar-refractivity contribution in [2.75, 3.05) is 18.5 Å². The molecule has 0 bridgehead atoms. The molecule has 188 valence electrons. The summed E-state index contributed by atoms with van der Waals surface area (Å²) in [4.78, 5) is 37.2. The number of rotatable bonds is 7. The van der Waals surface area contributed by atoms with Crippen LogP contribution in [0.15, 0.2) is 68.1 Å². The van der Waals surface area contributed by atoms with E-state index in [1.54, 1.807) is 0 Å². The number of hydrogen-bond donors (Lipinski definition) is 4. The summed E-state index contributed by atoms with van der Waals surface area (Å²) < 4.78 is 28.2. The fourth-order valence-electron chi connectivity index (χ4n) is 3.99. The van der Waals surface area contributed by atoms with Crippen LogP contribution in [0.25, 0.3) is 0 Å². The Hall–Kier alpha value is -4.30. The average molecular weight is 515 g/mol. The number of aromatic amines is 2. The van der Waals surface area contributed by atoms with Gasteiger partial charge in [0.15, 0.2) is 0 Å². The molecule has 1 fully saturated rings. The lowest BCUT2D eigenvalue weighted by Crippen LogP contribution is -2.38. The van der Waals surface area contributed by atoms with Crippen LogP contribution in [-0.2, 0) is 10.0 Å². The second kappa shape index (κ2) is 10.1. The van der Waals surface area contributed by atoms with E-state index in [1.807, 2.05) is 40.3 Å². The van der Waals surface area contributed by atoms with Crippen LogP contribution in [0.5, 0.6) is 5.88 Å². The number of piperidine rings is 1. The van der Waals surface area contributed by atoms with E-state index >= 15 is 0 Å². The first-order valence-corrected chi connectivity index (χ1v) is 12.3. The number of aromatic nitrogens is 2. The zero-order valence-electron chi connectivity index (χ0n) is 18.7. The standard InChI is InChI=1S/C22H22N6O7S/c29-20-17(21(30)25-22(31)24-20)13-23-26-18-7-6-16(28(32)33)12-19(18)36(34,35)27-10-8-15(9-11-27)14-4-2-1-3-5-14/h1-7,12-13,15,26H,8-11H2,(H3,24,25,29,30,31). The minimum absolute atomic E-state index is 0.0672. The van der Waals surface area contributed by atoms with Crippen LogP contribution in [0.1, 0.15) is 29.9 Å². The van der Waals surface area contributed by atoms with Crippen LogP contribution in [0.4, 0.5) is 11.4 Å². The molecule has 0 unspecified atom stereocenters. The molecule has 36 heavy (non-hydrogen) atoms. The van der Waals surface area contributed by atoms with Gasteiger partial charge in [-0.2, -0.15) is 9.41 Å². The fraction of sp³-hybridized carbons (Fsp3) is 0.227. The molecule has 2 aromatic carbocycles. The molecule has 0 spiro atoms. The van der Waals surface area contributed by atoms with Crippen molar-refractivity contribution in [3.05, 3.63) is 90.6 Å². The van der Waals surface area contributed by atoms with Gasteiger partial charge in [0.2, 0.25) is 15.9 Å². The summed E-state index contributed by atoms with van der Waals surface area (Å²) in [6, 6.07) is 13.0. The maximum Gasteiger partial charge on any atom is 0.328 e. The summed E-state index contributed by atoms with van der Waals surface area (Å²) in [7, 11) is -4.14. The lowest BCUT2D eigenvalue weighted by molar-refractivity contribution is -0.385. The van der Waals surface area contributed by atoms with E-state index in [4.69, 9.17) is 0 Å². The Morgan fingerprint density at radius 3 is 2.44 bits per heavy atom. The zero-order valence-corrected chi connectivity index (χ0v) is 19.6.